The number of nitrogens with zero attached hydrogens (tertiary/aromatic N) is 2. The van der Waals surface area contributed by atoms with E-state index in [4.69, 9.17) is 4.98 Å². The molecule has 1 amide bonds. The molecule has 4 rings (SSSR count). The van der Waals surface area contributed by atoms with Gasteiger partial charge >= 0.3 is 0 Å². The van der Waals surface area contributed by atoms with Crippen LogP contribution in [-0.4, -0.2) is 22.4 Å². The van der Waals surface area contributed by atoms with Gasteiger partial charge in [0.15, 0.2) is 0 Å². The molecule has 0 saturated carbocycles. The van der Waals surface area contributed by atoms with Gasteiger partial charge in [-0.2, -0.15) is 0 Å². The second kappa shape index (κ2) is 7.35. The summed E-state index contributed by atoms with van der Waals surface area (Å²) in [5.41, 5.74) is 2.32. The lowest BCUT2D eigenvalue weighted by Crippen LogP contribution is -2.27. The third kappa shape index (κ3) is 3.38. The number of hydrogen-bond donors (Lipinski definition) is 1. The molecule has 130 valence electrons. The molecule has 0 radical (unpaired) electrons. The van der Waals surface area contributed by atoms with Crippen LogP contribution in [-0.2, 0) is 0 Å². The number of nitrogens with one attached hydrogen (secondary N) is 1. The fraction of sp³-hybridized carbons (Fsp3) is 0.150. The van der Waals surface area contributed by atoms with Crippen LogP contribution in [0.1, 0.15) is 28.2 Å². The van der Waals surface area contributed by atoms with E-state index in [0.717, 1.165) is 26.5 Å². The molecule has 3 aromatic heterocycles. The van der Waals surface area contributed by atoms with Crippen LogP contribution < -0.4 is 5.32 Å². The van der Waals surface area contributed by atoms with Crippen LogP contribution in [0.25, 0.3) is 21.5 Å². The highest BCUT2D eigenvalue weighted by molar-refractivity contribution is 7.13. The first kappa shape index (κ1) is 16.9. The zero-order valence-electron chi connectivity index (χ0n) is 14.2. The van der Waals surface area contributed by atoms with Crippen molar-refractivity contribution in [3.8, 4) is 10.6 Å². The summed E-state index contributed by atoms with van der Waals surface area (Å²) < 4.78 is 0. The lowest BCUT2D eigenvalue weighted by Gasteiger charge is -2.12. The number of rotatable bonds is 5. The first-order valence-electron chi connectivity index (χ1n) is 8.33. The van der Waals surface area contributed by atoms with Crippen molar-refractivity contribution in [2.45, 2.75) is 12.8 Å². The molecule has 3 heterocycles. The average molecular weight is 380 g/mol. The van der Waals surface area contributed by atoms with E-state index in [1.807, 2.05) is 53.2 Å². The molecular weight excluding hydrogens is 362 g/mol. The molecule has 6 heteroatoms. The van der Waals surface area contributed by atoms with Gasteiger partial charge in [0.25, 0.3) is 5.91 Å². The van der Waals surface area contributed by atoms with Crippen molar-refractivity contribution in [3.05, 3.63) is 70.0 Å². The Hall–Kier alpha value is -2.57. The maximum atomic E-state index is 12.9. The van der Waals surface area contributed by atoms with Gasteiger partial charge in [0.2, 0.25) is 0 Å². The summed E-state index contributed by atoms with van der Waals surface area (Å²) >= 11 is 3.23. The summed E-state index contributed by atoms with van der Waals surface area (Å²) in [6, 6.07) is 13.7. The van der Waals surface area contributed by atoms with E-state index in [1.54, 1.807) is 28.9 Å². The van der Waals surface area contributed by atoms with Gasteiger partial charge in [-0.3, -0.25) is 4.79 Å². The molecule has 1 aromatic carbocycles. The zero-order chi connectivity index (χ0) is 17.9. The molecular formula is C20H17N3OS2. The van der Waals surface area contributed by atoms with Crippen LogP contribution in [0.4, 0.5) is 0 Å². The number of para-hydroxylation sites is 1. The molecule has 1 unspecified atom stereocenters. The topological polar surface area (TPSA) is 54.9 Å². The van der Waals surface area contributed by atoms with Crippen molar-refractivity contribution in [1.82, 2.24) is 15.3 Å². The van der Waals surface area contributed by atoms with Gasteiger partial charge in [-0.05, 0) is 23.6 Å². The molecule has 26 heavy (non-hydrogen) atoms. The Labute approximate surface area is 159 Å². The molecule has 0 aliphatic heterocycles. The normalized spacial score (nSPS) is 12.2. The molecule has 0 aliphatic rings. The Morgan fingerprint density at radius 1 is 1.15 bits per heavy atom. The van der Waals surface area contributed by atoms with Crippen molar-refractivity contribution in [2.75, 3.05) is 6.54 Å². The third-order valence-electron chi connectivity index (χ3n) is 4.18. The molecule has 0 fully saturated rings. The minimum atomic E-state index is -0.0789. The van der Waals surface area contributed by atoms with Gasteiger partial charge in [0, 0.05) is 29.4 Å². The molecule has 0 aliphatic carbocycles. The summed E-state index contributed by atoms with van der Waals surface area (Å²) in [6.07, 6.45) is 1.79. The van der Waals surface area contributed by atoms with Crippen molar-refractivity contribution in [3.63, 3.8) is 0 Å². The van der Waals surface area contributed by atoms with Crippen molar-refractivity contribution < 1.29 is 4.79 Å². The van der Waals surface area contributed by atoms with Crippen LogP contribution in [0.3, 0.4) is 0 Å². The second-order valence-electron chi connectivity index (χ2n) is 6.03. The lowest BCUT2D eigenvalue weighted by atomic mass is 10.1. The summed E-state index contributed by atoms with van der Waals surface area (Å²) in [4.78, 5) is 23.0. The van der Waals surface area contributed by atoms with Gasteiger partial charge in [-0.15, -0.1) is 22.7 Å². The van der Waals surface area contributed by atoms with Gasteiger partial charge in [0.05, 0.1) is 26.7 Å². The summed E-state index contributed by atoms with van der Waals surface area (Å²) in [5, 5.41) is 8.93. The van der Waals surface area contributed by atoms with E-state index in [0.29, 0.717) is 12.1 Å². The van der Waals surface area contributed by atoms with E-state index in [-0.39, 0.29) is 11.8 Å². The summed E-state index contributed by atoms with van der Waals surface area (Å²) in [5.74, 6) is 0.105. The fourth-order valence-corrected chi connectivity index (χ4v) is 4.20. The van der Waals surface area contributed by atoms with Crippen LogP contribution in [0.2, 0.25) is 0 Å². The SMILES string of the molecule is CC(CNC(=O)c1cc(-c2cccs2)nc2ccccc12)c1nccs1. The van der Waals surface area contributed by atoms with E-state index in [1.165, 1.54) is 0 Å². The number of thiazole rings is 1. The highest BCUT2D eigenvalue weighted by Crippen LogP contribution is 2.28. The van der Waals surface area contributed by atoms with Crippen LogP contribution in [0.5, 0.6) is 0 Å². The highest BCUT2D eigenvalue weighted by Gasteiger charge is 2.16. The number of benzene rings is 1. The number of carbonyl (C=O) groups excluding carboxylic acids is 1. The summed E-state index contributed by atoms with van der Waals surface area (Å²) in [6.45, 7) is 2.62. The number of fused-ring (bicyclic) bond motifs is 1. The van der Waals surface area contributed by atoms with Gasteiger partial charge in [-0.25, -0.2) is 9.97 Å². The minimum absolute atomic E-state index is 0.0789. The summed E-state index contributed by atoms with van der Waals surface area (Å²) in [7, 11) is 0. The maximum Gasteiger partial charge on any atom is 0.252 e. The fourth-order valence-electron chi connectivity index (χ4n) is 2.82. The van der Waals surface area contributed by atoms with Crippen molar-refractivity contribution >= 4 is 39.5 Å². The largest absolute Gasteiger partial charge is 0.351 e. The van der Waals surface area contributed by atoms with Crippen LogP contribution in [0, 0.1) is 0 Å². The van der Waals surface area contributed by atoms with Gasteiger partial charge < -0.3 is 5.32 Å². The lowest BCUT2D eigenvalue weighted by molar-refractivity contribution is 0.0953. The van der Waals surface area contributed by atoms with Gasteiger partial charge in [0.1, 0.15) is 0 Å². The van der Waals surface area contributed by atoms with Gasteiger partial charge in [-0.1, -0.05) is 31.2 Å². The standard InChI is InChI=1S/C20H17N3OS2/c1-13(20-21-8-10-26-20)12-22-19(24)15-11-17(18-7-4-9-25-18)23-16-6-3-2-5-14(15)16/h2-11,13H,12H2,1H3,(H,22,24). The number of hydrogen-bond acceptors (Lipinski definition) is 5. The quantitative estimate of drug-likeness (QED) is 0.533. The Balaban J connectivity index is 1.65. The number of carbonyl (C=O) groups is 1. The maximum absolute atomic E-state index is 12.9. The predicted octanol–water partition coefficient (Wildman–Crippen LogP) is 4.95. The number of thiophene rings is 1. The van der Waals surface area contributed by atoms with E-state index in [2.05, 4.69) is 17.2 Å². The first-order chi connectivity index (χ1) is 12.7. The van der Waals surface area contributed by atoms with Crippen LogP contribution >= 0.6 is 22.7 Å². The molecule has 1 N–H and O–H groups in total. The second-order valence-corrected chi connectivity index (χ2v) is 7.90. The molecule has 0 bridgehead atoms. The molecule has 4 aromatic rings. The highest BCUT2D eigenvalue weighted by atomic mass is 32.1. The average Bonchev–Trinajstić information content (AvgIpc) is 3.38. The van der Waals surface area contributed by atoms with Crippen LogP contribution in [0.15, 0.2) is 59.4 Å². The molecule has 1 atom stereocenters. The molecule has 0 saturated heterocycles. The monoisotopic (exact) mass is 379 g/mol. The zero-order valence-corrected chi connectivity index (χ0v) is 15.8. The predicted molar refractivity (Wildman–Crippen MR) is 108 cm³/mol. The molecule has 4 nitrogen and oxygen atoms in total. The number of aromatic nitrogens is 2. The Morgan fingerprint density at radius 2 is 2.04 bits per heavy atom. The smallest absolute Gasteiger partial charge is 0.252 e. The van der Waals surface area contributed by atoms with Crippen molar-refractivity contribution in [1.29, 1.82) is 0 Å². The number of amides is 1. The number of pyridine rings is 1. The van der Waals surface area contributed by atoms with E-state index >= 15 is 0 Å². The van der Waals surface area contributed by atoms with E-state index < -0.39 is 0 Å². The van der Waals surface area contributed by atoms with Crippen molar-refractivity contribution in [2.24, 2.45) is 0 Å². The third-order valence-corrected chi connectivity index (χ3v) is 6.08. The molecule has 0 spiro atoms. The Bertz CT molecular complexity index is 1030. The Morgan fingerprint density at radius 3 is 2.81 bits per heavy atom. The van der Waals surface area contributed by atoms with E-state index in [9.17, 15) is 4.79 Å². The first-order valence-corrected chi connectivity index (χ1v) is 10.1. The Kier molecular flexibility index (Phi) is 4.77. The minimum Gasteiger partial charge on any atom is -0.351 e.